The smallest absolute Gasteiger partial charge is 0.186 e. The minimum atomic E-state index is -0.0733. The Kier molecular flexibility index (Phi) is 3.24. The highest BCUT2D eigenvalue weighted by atomic mass is 16.3. The molecule has 0 saturated carbocycles. The summed E-state index contributed by atoms with van der Waals surface area (Å²) in [7, 11) is 0. The van der Waals surface area contributed by atoms with Crippen molar-refractivity contribution in [2.24, 2.45) is 5.92 Å². The van der Waals surface area contributed by atoms with Crippen molar-refractivity contribution in [3.05, 3.63) is 30.0 Å². The Morgan fingerprint density at radius 1 is 1.41 bits per heavy atom. The summed E-state index contributed by atoms with van der Waals surface area (Å²) >= 11 is 0. The Hall–Kier alpha value is -1.68. The molecule has 1 aromatic heterocycles. The topological polar surface area (TPSA) is 55.1 Å². The molecule has 0 aliphatic carbocycles. The number of nitrogens with zero attached hydrogens (tertiary/aromatic N) is 2. The number of carbonyl (C=O) groups excluding carboxylic acids is 1. The number of rotatable bonds is 4. The van der Waals surface area contributed by atoms with Gasteiger partial charge in [-0.3, -0.25) is 9.48 Å². The second kappa shape index (κ2) is 4.67. The van der Waals surface area contributed by atoms with Crippen molar-refractivity contribution in [3.63, 3.8) is 0 Å². The molecule has 1 N–H and O–H groups in total. The van der Waals surface area contributed by atoms with Crippen LogP contribution in [-0.4, -0.2) is 27.3 Å². The molecule has 0 radical (unpaired) electrons. The highest BCUT2D eigenvalue weighted by Crippen LogP contribution is 2.20. The van der Waals surface area contributed by atoms with Crippen molar-refractivity contribution >= 4 is 16.7 Å². The van der Waals surface area contributed by atoms with Crippen LogP contribution in [0.1, 0.15) is 24.3 Å². The molecule has 4 heteroatoms. The maximum atomic E-state index is 12.0. The number of Topliss-reactive ketones (excluding diaryl/α,β-unsaturated/α-hetero) is 1. The average Bonchev–Trinajstić information content (AvgIpc) is 2.68. The lowest BCUT2D eigenvalue weighted by Crippen LogP contribution is -2.10. The van der Waals surface area contributed by atoms with Gasteiger partial charge in [0.1, 0.15) is 5.69 Å². The average molecular weight is 232 g/mol. The van der Waals surface area contributed by atoms with E-state index in [-0.39, 0.29) is 18.3 Å². The highest BCUT2D eigenvalue weighted by Gasteiger charge is 2.18. The maximum Gasteiger partial charge on any atom is 0.186 e. The van der Waals surface area contributed by atoms with E-state index in [0.29, 0.717) is 12.2 Å². The van der Waals surface area contributed by atoms with Crippen molar-refractivity contribution in [2.75, 3.05) is 6.61 Å². The molecule has 1 heterocycles. The van der Waals surface area contributed by atoms with E-state index in [1.165, 1.54) is 0 Å². The molecule has 0 atom stereocenters. The standard InChI is InChI=1S/C13H16N2O2/c1-9(2)13(17)12-10-5-3-4-6-11(10)15(14-12)7-8-16/h3-6,9,16H,7-8H2,1-2H3. The predicted molar refractivity (Wildman–Crippen MR) is 66.0 cm³/mol. The zero-order valence-electron chi connectivity index (χ0n) is 10.1. The van der Waals surface area contributed by atoms with E-state index >= 15 is 0 Å². The van der Waals surface area contributed by atoms with Crippen LogP contribution in [0.5, 0.6) is 0 Å². The van der Waals surface area contributed by atoms with Crippen LogP contribution in [0, 0.1) is 5.92 Å². The van der Waals surface area contributed by atoms with Gasteiger partial charge in [0.25, 0.3) is 0 Å². The van der Waals surface area contributed by atoms with Crippen molar-refractivity contribution in [1.29, 1.82) is 0 Å². The van der Waals surface area contributed by atoms with Gasteiger partial charge in [0.05, 0.1) is 18.7 Å². The Labute approximate surface area is 99.9 Å². The maximum absolute atomic E-state index is 12.0. The molecule has 0 unspecified atom stereocenters. The van der Waals surface area contributed by atoms with Gasteiger partial charge in [-0.15, -0.1) is 0 Å². The molecule has 17 heavy (non-hydrogen) atoms. The largest absolute Gasteiger partial charge is 0.394 e. The van der Waals surface area contributed by atoms with Crippen LogP contribution in [0.4, 0.5) is 0 Å². The second-order valence-corrected chi connectivity index (χ2v) is 4.33. The number of fused-ring (bicyclic) bond motifs is 1. The predicted octanol–water partition coefficient (Wildman–Crippen LogP) is 1.87. The summed E-state index contributed by atoms with van der Waals surface area (Å²) in [5.41, 5.74) is 1.40. The fourth-order valence-electron chi connectivity index (χ4n) is 1.85. The summed E-state index contributed by atoms with van der Waals surface area (Å²) in [5.74, 6) is -0.0335. The molecular weight excluding hydrogens is 216 g/mol. The van der Waals surface area contributed by atoms with Gasteiger partial charge in [0.2, 0.25) is 0 Å². The van der Waals surface area contributed by atoms with E-state index in [0.717, 1.165) is 10.9 Å². The fraction of sp³-hybridized carbons (Fsp3) is 0.385. The summed E-state index contributed by atoms with van der Waals surface area (Å²) in [4.78, 5) is 12.0. The number of aliphatic hydroxyl groups is 1. The third-order valence-corrected chi connectivity index (χ3v) is 2.73. The molecule has 1 aromatic carbocycles. The zero-order chi connectivity index (χ0) is 12.4. The number of aromatic nitrogens is 2. The molecule has 2 rings (SSSR count). The molecular formula is C13H16N2O2. The first-order chi connectivity index (χ1) is 8.15. The summed E-state index contributed by atoms with van der Waals surface area (Å²) in [6.45, 7) is 4.15. The molecule has 90 valence electrons. The fourth-order valence-corrected chi connectivity index (χ4v) is 1.85. The summed E-state index contributed by atoms with van der Waals surface area (Å²) < 4.78 is 1.69. The van der Waals surface area contributed by atoms with E-state index < -0.39 is 0 Å². The van der Waals surface area contributed by atoms with E-state index in [1.54, 1.807) is 4.68 Å². The van der Waals surface area contributed by atoms with Crippen LogP contribution in [0.25, 0.3) is 10.9 Å². The number of para-hydroxylation sites is 1. The van der Waals surface area contributed by atoms with Crippen LogP contribution < -0.4 is 0 Å². The molecule has 4 nitrogen and oxygen atoms in total. The first-order valence-electron chi connectivity index (χ1n) is 5.75. The normalized spacial score (nSPS) is 11.3. The molecule has 0 amide bonds. The van der Waals surface area contributed by atoms with Gasteiger partial charge in [-0.05, 0) is 6.07 Å². The van der Waals surface area contributed by atoms with Crippen molar-refractivity contribution in [3.8, 4) is 0 Å². The van der Waals surface area contributed by atoms with Crippen LogP contribution in [0.3, 0.4) is 0 Å². The molecule has 0 spiro atoms. The van der Waals surface area contributed by atoms with Gasteiger partial charge in [0, 0.05) is 11.3 Å². The summed E-state index contributed by atoms with van der Waals surface area (Å²) in [6.07, 6.45) is 0. The van der Waals surface area contributed by atoms with Gasteiger partial charge in [0.15, 0.2) is 5.78 Å². The van der Waals surface area contributed by atoms with Crippen molar-refractivity contribution in [1.82, 2.24) is 9.78 Å². The van der Waals surface area contributed by atoms with Crippen molar-refractivity contribution < 1.29 is 9.90 Å². The monoisotopic (exact) mass is 232 g/mol. The molecule has 0 aliphatic heterocycles. The van der Waals surface area contributed by atoms with Gasteiger partial charge in [-0.25, -0.2) is 0 Å². The number of hydrogen-bond donors (Lipinski definition) is 1. The zero-order valence-corrected chi connectivity index (χ0v) is 10.1. The number of hydrogen-bond acceptors (Lipinski definition) is 3. The molecule has 0 saturated heterocycles. The Bertz CT molecular complexity index is 543. The first-order valence-corrected chi connectivity index (χ1v) is 5.75. The molecule has 0 bridgehead atoms. The SMILES string of the molecule is CC(C)C(=O)c1nn(CCO)c2ccccc12. The van der Waals surface area contributed by atoms with Crippen LogP contribution in [0.15, 0.2) is 24.3 Å². The summed E-state index contributed by atoms with van der Waals surface area (Å²) in [6, 6.07) is 7.60. The highest BCUT2D eigenvalue weighted by molar-refractivity contribution is 6.06. The second-order valence-electron chi connectivity index (χ2n) is 4.33. The molecule has 0 aliphatic rings. The lowest BCUT2D eigenvalue weighted by molar-refractivity contribution is 0.0934. The van der Waals surface area contributed by atoms with Gasteiger partial charge >= 0.3 is 0 Å². The Morgan fingerprint density at radius 3 is 2.76 bits per heavy atom. The lowest BCUT2D eigenvalue weighted by atomic mass is 10.0. The number of carbonyl (C=O) groups is 1. The van der Waals surface area contributed by atoms with E-state index in [2.05, 4.69) is 5.10 Å². The van der Waals surface area contributed by atoms with Gasteiger partial charge in [-0.2, -0.15) is 5.10 Å². The van der Waals surface area contributed by atoms with E-state index in [4.69, 9.17) is 5.11 Å². The number of ketones is 1. The number of aliphatic hydroxyl groups excluding tert-OH is 1. The lowest BCUT2D eigenvalue weighted by Gasteiger charge is -2.00. The minimum Gasteiger partial charge on any atom is -0.394 e. The Morgan fingerprint density at radius 2 is 2.12 bits per heavy atom. The third kappa shape index (κ3) is 2.08. The first kappa shape index (κ1) is 11.8. The van der Waals surface area contributed by atoms with Crippen LogP contribution >= 0.6 is 0 Å². The molecule has 2 aromatic rings. The van der Waals surface area contributed by atoms with E-state index in [9.17, 15) is 4.79 Å². The number of benzene rings is 1. The van der Waals surface area contributed by atoms with Crippen LogP contribution in [-0.2, 0) is 6.54 Å². The van der Waals surface area contributed by atoms with E-state index in [1.807, 2.05) is 38.1 Å². The third-order valence-electron chi connectivity index (χ3n) is 2.73. The van der Waals surface area contributed by atoms with Gasteiger partial charge < -0.3 is 5.11 Å². The van der Waals surface area contributed by atoms with Gasteiger partial charge in [-0.1, -0.05) is 32.0 Å². The quantitative estimate of drug-likeness (QED) is 0.819. The van der Waals surface area contributed by atoms with Crippen LogP contribution in [0.2, 0.25) is 0 Å². The minimum absolute atomic E-state index is 0.0149. The molecule has 0 fully saturated rings. The van der Waals surface area contributed by atoms with Crippen molar-refractivity contribution in [2.45, 2.75) is 20.4 Å². The summed E-state index contributed by atoms with van der Waals surface area (Å²) in [5, 5.41) is 14.2. The Balaban J connectivity index is 2.60.